The molecule has 2 aliphatic rings. The summed E-state index contributed by atoms with van der Waals surface area (Å²) < 4.78 is 10.7. The van der Waals surface area contributed by atoms with Crippen LogP contribution in [0.2, 0.25) is 0 Å². The van der Waals surface area contributed by atoms with Crippen molar-refractivity contribution in [1.82, 2.24) is 0 Å². The van der Waals surface area contributed by atoms with Gasteiger partial charge in [-0.15, -0.1) is 0 Å². The van der Waals surface area contributed by atoms with Gasteiger partial charge in [-0.05, 0) is 54.8 Å². The van der Waals surface area contributed by atoms with Gasteiger partial charge in [-0.2, -0.15) is 0 Å². The topological polar surface area (TPSA) is 35.5 Å². The lowest BCUT2D eigenvalue weighted by Crippen LogP contribution is -2.36. The molecule has 122 valence electrons. The van der Waals surface area contributed by atoms with Crippen molar-refractivity contribution >= 4 is 11.9 Å². The van der Waals surface area contributed by atoms with Crippen molar-refractivity contribution in [3.8, 4) is 11.5 Å². The number of carbonyl (C=O) groups excluding carboxylic acids is 1. The Balaban J connectivity index is 2.00. The molecule has 4 rings (SSSR count). The first kappa shape index (κ1) is 15.0. The molecule has 0 fully saturated rings. The van der Waals surface area contributed by atoms with Gasteiger partial charge >= 0.3 is 0 Å². The van der Waals surface area contributed by atoms with Gasteiger partial charge in [0.05, 0.1) is 19.6 Å². The van der Waals surface area contributed by atoms with E-state index in [-0.39, 0.29) is 11.7 Å². The number of Topliss-reactive ketones (excluding diaryl/α,β-unsaturated/α-hetero) is 1. The first-order valence-corrected chi connectivity index (χ1v) is 8.10. The lowest BCUT2D eigenvalue weighted by Gasteiger charge is -2.37. The third-order valence-corrected chi connectivity index (χ3v) is 5.52. The Hall–Kier alpha value is -2.55. The highest BCUT2D eigenvalue weighted by molar-refractivity contribution is 6.11. The molecule has 0 amide bonds. The maximum absolute atomic E-state index is 13.4. The van der Waals surface area contributed by atoms with Gasteiger partial charge in [0.25, 0.3) is 0 Å². The molecule has 24 heavy (non-hydrogen) atoms. The molecule has 0 N–H and O–H groups in total. The van der Waals surface area contributed by atoms with E-state index in [1.54, 1.807) is 14.2 Å². The number of carbonyl (C=O) groups is 1. The van der Waals surface area contributed by atoms with Crippen molar-refractivity contribution in [2.75, 3.05) is 14.2 Å². The summed E-state index contributed by atoms with van der Waals surface area (Å²) >= 11 is 0. The number of ether oxygens (including phenoxy) is 2. The van der Waals surface area contributed by atoms with Gasteiger partial charge in [0.15, 0.2) is 5.78 Å². The molecule has 0 aromatic heterocycles. The van der Waals surface area contributed by atoms with E-state index >= 15 is 0 Å². The highest BCUT2D eigenvalue weighted by atomic mass is 16.5. The molecule has 0 radical (unpaired) electrons. The molecule has 2 atom stereocenters. The third-order valence-electron chi connectivity index (χ3n) is 5.52. The molecule has 0 bridgehead atoms. The van der Waals surface area contributed by atoms with Gasteiger partial charge in [0.1, 0.15) is 11.5 Å². The Bertz CT molecular complexity index is 894. The predicted molar refractivity (Wildman–Crippen MR) is 94.1 cm³/mol. The molecular weight excluding hydrogens is 300 g/mol. The Morgan fingerprint density at radius 2 is 1.67 bits per heavy atom. The van der Waals surface area contributed by atoms with Crippen LogP contribution in [0.25, 0.3) is 6.08 Å². The van der Waals surface area contributed by atoms with Gasteiger partial charge in [-0.3, -0.25) is 4.79 Å². The standard InChI is InChI=1S/C21H20O3/c1-12-9-13-5-6-15(24-4)11-18(13)21(2)19(12)16-8-7-14(23-3)10-17(16)20(21)22/h5-11,19H,1-4H3/t19-,21-/m0/s1. The number of allylic oxidation sites excluding steroid dienone is 1. The summed E-state index contributed by atoms with van der Waals surface area (Å²) in [6.45, 7) is 4.17. The number of methoxy groups -OCH3 is 2. The van der Waals surface area contributed by atoms with Crippen LogP contribution in [0.15, 0.2) is 42.0 Å². The summed E-state index contributed by atoms with van der Waals surface area (Å²) in [5.74, 6) is 1.72. The lowest BCUT2D eigenvalue weighted by molar-refractivity contribution is 0.0903. The number of fused-ring (bicyclic) bond motifs is 5. The lowest BCUT2D eigenvalue weighted by atomic mass is 9.64. The number of hydrogen-bond donors (Lipinski definition) is 0. The minimum absolute atomic E-state index is 0.0607. The molecule has 3 heteroatoms. The molecule has 0 heterocycles. The fourth-order valence-corrected chi connectivity index (χ4v) is 4.38. The molecule has 0 saturated carbocycles. The predicted octanol–water partition coefficient (Wildman–Crippen LogP) is 4.36. The van der Waals surface area contributed by atoms with Crippen molar-refractivity contribution in [2.45, 2.75) is 25.2 Å². The van der Waals surface area contributed by atoms with Crippen LogP contribution in [0.5, 0.6) is 11.5 Å². The Labute approximate surface area is 141 Å². The summed E-state index contributed by atoms with van der Waals surface area (Å²) in [6.07, 6.45) is 2.19. The van der Waals surface area contributed by atoms with E-state index in [1.165, 1.54) is 5.57 Å². The average molecular weight is 320 g/mol. The summed E-state index contributed by atoms with van der Waals surface area (Å²) in [5, 5.41) is 0. The monoisotopic (exact) mass is 320 g/mol. The van der Waals surface area contributed by atoms with Gasteiger partial charge in [0.2, 0.25) is 0 Å². The van der Waals surface area contributed by atoms with E-state index in [9.17, 15) is 4.79 Å². The number of ketones is 1. The smallest absolute Gasteiger partial charge is 0.174 e. The Morgan fingerprint density at radius 1 is 1.00 bits per heavy atom. The molecule has 0 unspecified atom stereocenters. The van der Waals surface area contributed by atoms with Crippen LogP contribution in [0, 0.1) is 0 Å². The quantitative estimate of drug-likeness (QED) is 0.825. The van der Waals surface area contributed by atoms with Gasteiger partial charge in [-0.1, -0.05) is 23.8 Å². The van der Waals surface area contributed by atoms with Crippen LogP contribution in [0.4, 0.5) is 0 Å². The second-order valence-electron chi connectivity index (χ2n) is 6.76. The minimum atomic E-state index is -0.600. The molecule has 2 aliphatic carbocycles. The zero-order chi connectivity index (χ0) is 17.1. The van der Waals surface area contributed by atoms with E-state index in [1.807, 2.05) is 36.4 Å². The van der Waals surface area contributed by atoms with Crippen LogP contribution >= 0.6 is 0 Å². The molecule has 0 spiro atoms. The zero-order valence-electron chi connectivity index (χ0n) is 14.3. The van der Waals surface area contributed by atoms with Crippen LogP contribution in [-0.2, 0) is 5.41 Å². The third kappa shape index (κ3) is 1.75. The number of hydrogen-bond acceptors (Lipinski definition) is 3. The van der Waals surface area contributed by atoms with Gasteiger partial charge in [-0.25, -0.2) is 0 Å². The molecule has 0 saturated heterocycles. The maximum atomic E-state index is 13.4. The van der Waals surface area contributed by atoms with Gasteiger partial charge in [0, 0.05) is 11.5 Å². The number of benzene rings is 2. The minimum Gasteiger partial charge on any atom is -0.497 e. The summed E-state index contributed by atoms with van der Waals surface area (Å²) in [4.78, 5) is 13.4. The average Bonchev–Trinajstić information content (AvgIpc) is 2.83. The van der Waals surface area contributed by atoms with Crippen LogP contribution in [-0.4, -0.2) is 20.0 Å². The molecule has 2 aromatic carbocycles. The second-order valence-corrected chi connectivity index (χ2v) is 6.76. The van der Waals surface area contributed by atoms with E-state index in [2.05, 4.69) is 19.9 Å². The Morgan fingerprint density at radius 3 is 2.38 bits per heavy atom. The zero-order valence-corrected chi connectivity index (χ0v) is 14.3. The van der Waals surface area contributed by atoms with Crippen molar-refractivity contribution in [2.24, 2.45) is 0 Å². The van der Waals surface area contributed by atoms with Crippen LogP contribution in [0.1, 0.15) is 46.8 Å². The summed E-state index contributed by atoms with van der Waals surface area (Å²) in [7, 11) is 3.28. The van der Waals surface area contributed by atoms with Crippen molar-refractivity contribution in [3.05, 3.63) is 64.2 Å². The molecule has 3 nitrogen and oxygen atoms in total. The van der Waals surface area contributed by atoms with E-state index in [0.29, 0.717) is 0 Å². The SMILES string of the molecule is COc1ccc2c(c1)C(=O)[C@@]1(C)c3cc(OC)ccc3C=C(C)[C@@H]21. The fourth-order valence-electron chi connectivity index (χ4n) is 4.38. The number of rotatable bonds is 2. The first-order valence-electron chi connectivity index (χ1n) is 8.10. The van der Waals surface area contributed by atoms with E-state index in [4.69, 9.17) is 9.47 Å². The van der Waals surface area contributed by atoms with Crippen molar-refractivity contribution in [3.63, 3.8) is 0 Å². The highest BCUT2D eigenvalue weighted by Crippen LogP contribution is 2.56. The van der Waals surface area contributed by atoms with E-state index < -0.39 is 5.41 Å². The Kier molecular flexibility index (Phi) is 3.11. The van der Waals surface area contributed by atoms with Crippen LogP contribution in [0.3, 0.4) is 0 Å². The molecule has 2 aromatic rings. The molecule has 0 aliphatic heterocycles. The highest BCUT2D eigenvalue weighted by Gasteiger charge is 2.53. The van der Waals surface area contributed by atoms with Crippen LogP contribution < -0.4 is 9.47 Å². The largest absolute Gasteiger partial charge is 0.497 e. The normalized spacial score (nSPS) is 23.9. The fraction of sp³-hybridized carbons (Fsp3) is 0.286. The van der Waals surface area contributed by atoms with Crippen molar-refractivity contribution < 1.29 is 14.3 Å². The summed E-state index contributed by atoms with van der Waals surface area (Å²) in [6, 6.07) is 11.8. The van der Waals surface area contributed by atoms with Crippen molar-refractivity contribution in [1.29, 1.82) is 0 Å². The van der Waals surface area contributed by atoms with Gasteiger partial charge < -0.3 is 9.47 Å². The first-order chi connectivity index (χ1) is 11.5. The second kappa shape index (κ2) is 4.97. The maximum Gasteiger partial charge on any atom is 0.174 e. The summed E-state index contributed by atoms with van der Waals surface area (Å²) in [5.41, 5.74) is 4.61. The molecular formula is C21H20O3. The van der Waals surface area contributed by atoms with E-state index in [0.717, 1.165) is 33.8 Å².